The third kappa shape index (κ3) is 6.78. The van der Waals surface area contributed by atoms with E-state index in [1.165, 1.54) is 30.4 Å². The van der Waals surface area contributed by atoms with Crippen LogP contribution in [0.25, 0.3) is 0 Å². The average molecular weight is 814 g/mol. The van der Waals surface area contributed by atoms with Gasteiger partial charge in [-0.15, -0.1) is 10.8 Å². The van der Waals surface area contributed by atoms with Crippen LogP contribution in [0.15, 0.2) is 22.7 Å². The van der Waals surface area contributed by atoms with Crippen LogP contribution in [0.2, 0.25) is 0 Å². The SMILES string of the molecule is C.C.CC12[CH-]CCC1=C1OC(=O)C3CC(=O)CCC3(C)C1CC2.CN(C)C1CCC2(C)C(C1)C(=O)OC1=C3CC[CH-]C3(C)CCC12.[Y].[Y]. The van der Waals surface area contributed by atoms with Crippen LogP contribution in [0.5, 0.6) is 0 Å². The minimum Gasteiger partial charge on any atom is -0.431 e. The molecule has 9 unspecified atom stereocenters. The molecule has 0 spiro atoms. The fourth-order valence-electron chi connectivity index (χ4n) is 11.1. The van der Waals surface area contributed by atoms with Crippen LogP contribution in [0.4, 0.5) is 0 Å². The van der Waals surface area contributed by atoms with Crippen molar-refractivity contribution in [1.29, 1.82) is 0 Å². The molecular weight excluding hydrogens is 752 g/mol. The van der Waals surface area contributed by atoms with Gasteiger partial charge in [0.25, 0.3) is 0 Å². The number of carbonyl (C=O) groups is 3. The van der Waals surface area contributed by atoms with Gasteiger partial charge in [0.15, 0.2) is 0 Å². The molecule has 6 nitrogen and oxygen atoms in total. The smallest absolute Gasteiger partial charge is 0.315 e. The second-order valence-electron chi connectivity index (χ2n) is 16.8. The molecule has 0 aromatic rings. The van der Waals surface area contributed by atoms with Crippen molar-refractivity contribution < 1.29 is 89.3 Å². The molecule has 48 heavy (non-hydrogen) atoms. The monoisotopic (exact) mass is 813 g/mol. The van der Waals surface area contributed by atoms with Gasteiger partial charge in [0.05, 0.1) is 11.8 Å². The van der Waals surface area contributed by atoms with E-state index in [9.17, 15) is 14.4 Å². The third-order valence-corrected chi connectivity index (χ3v) is 14.3. The molecule has 0 N–H and O–H groups in total. The Bertz CT molecular complexity index is 1340. The Balaban J connectivity index is 0.000000241. The number of esters is 2. The molecule has 9 atom stereocenters. The van der Waals surface area contributed by atoms with Crippen molar-refractivity contribution in [3.63, 3.8) is 0 Å². The molecule has 2 aliphatic heterocycles. The summed E-state index contributed by atoms with van der Waals surface area (Å²) < 4.78 is 11.9. The molecule has 0 aromatic carbocycles. The first-order chi connectivity index (χ1) is 20.8. The van der Waals surface area contributed by atoms with Gasteiger partial charge in [-0.05, 0) is 63.5 Å². The second kappa shape index (κ2) is 15.3. The predicted octanol–water partition coefficient (Wildman–Crippen LogP) is 8.80. The van der Waals surface area contributed by atoms with Crippen LogP contribution in [-0.4, -0.2) is 42.8 Å². The van der Waals surface area contributed by atoms with Crippen LogP contribution < -0.4 is 0 Å². The molecule has 264 valence electrons. The van der Waals surface area contributed by atoms with Crippen molar-refractivity contribution >= 4 is 17.7 Å². The summed E-state index contributed by atoms with van der Waals surface area (Å²) in [6, 6.07) is 0.517. The van der Waals surface area contributed by atoms with Crippen molar-refractivity contribution in [2.24, 2.45) is 45.3 Å². The molecule has 4 saturated carbocycles. The van der Waals surface area contributed by atoms with E-state index < -0.39 is 0 Å². The van der Waals surface area contributed by atoms with Gasteiger partial charge in [-0.25, -0.2) is 0 Å². The van der Waals surface area contributed by atoms with E-state index in [4.69, 9.17) is 9.47 Å². The summed E-state index contributed by atoms with van der Waals surface area (Å²) in [4.78, 5) is 39.4. The summed E-state index contributed by atoms with van der Waals surface area (Å²) in [5.41, 5.74) is 3.17. The standard InChI is InChI=1S/C20H30NO2.C18H23O3.2CH4.2Y/c1-19-9-5-6-14(19)17-15(8-10-19)20(2)11-7-13(21(3)4)12-16(20)18(22)23-17;1-17-7-3-4-12(17)15-13(6-8-17)18(2)9-5-11(19)10-14(18)16(20)21-15;;;;/h9,13,15-16H,5-8,10-12H2,1-4H3;7,13-14H,3-6,8-10H2,1-2H3;2*1H4;;/q2*-1;;;;. The maximum Gasteiger partial charge on any atom is 0.315 e. The van der Waals surface area contributed by atoms with E-state index in [-0.39, 0.29) is 131 Å². The minimum absolute atomic E-state index is 0. The van der Waals surface area contributed by atoms with Gasteiger partial charge in [-0.1, -0.05) is 79.4 Å². The zero-order valence-corrected chi connectivity index (χ0v) is 34.8. The number of carbonyl (C=O) groups excluding carboxylic acids is 3. The second-order valence-corrected chi connectivity index (χ2v) is 16.8. The number of hydrogen-bond acceptors (Lipinski definition) is 6. The summed E-state index contributed by atoms with van der Waals surface area (Å²) in [5.74, 6) is 2.84. The summed E-state index contributed by atoms with van der Waals surface area (Å²) in [5, 5.41) is 0. The predicted molar refractivity (Wildman–Crippen MR) is 182 cm³/mol. The van der Waals surface area contributed by atoms with Gasteiger partial charge in [-0.2, -0.15) is 12.8 Å². The summed E-state index contributed by atoms with van der Waals surface area (Å²) in [6.07, 6.45) is 19.0. The molecule has 0 amide bonds. The van der Waals surface area contributed by atoms with Gasteiger partial charge >= 0.3 is 11.9 Å². The molecule has 0 bridgehead atoms. The maximum absolute atomic E-state index is 12.9. The zero-order valence-electron chi connectivity index (χ0n) is 29.1. The normalized spacial score (nSPS) is 42.2. The molecule has 8 aliphatic rings. The van der Waals surface area contributed by atoms with Crippen molar-refractivity contribution in [1.82, 2.24) is 4.90 Å². The number of ether oxygens (including phenoxy) is 2. The maximum atomic E-state index is 12.9. The van der Waals surface area contributed by atoms with E-state index in [0.29, 0.717) is 30.7 Å². The molecule has 6 fully saturated rings. The van der Waals surface area contributed by atoms with E-state index in [0.717, 1.165) is 69.3 Å². The number of Topliss-reactive ketones (excluding diaryl/α,β-unsaturated/α-hetero) is 1. The Morgan fingerprint density at radius 1 is 0.646 bits per heavy atom. The molecular formula is C40H61NO5Y2-2. The van der Waals surface area contributed by atoms with Gasteiger partial charge in [0.1, 0.15) is 17.3 Å². The number of nitrogens with zero attached hydrogens (tertiary/aromatic N) is 1. The third-order valence-electron chi connectivity index (χ3n) is 14.3. The quantitative estimate of drug-likeness (QED) is 0.195. The Labute approximate surface area is 342 Å². The molecule has 0 aromatic heterocycles. The summed E-state index contributed by atoms with van der Waals surface area (Å²) >= 11 is 0. The van der Waals surface area contributed by atoms with Crippen LogP contribution in [0.1, 0.15) is 132 Å². The first-order valence-corrected chi connectivity index (χ1v) is 17.6. The van der Waals surface area contributed by atoms with Gasteiger partial charge in [-0.3, -0.25) is 14.4 Å². The summed E-state index contributed by atoms with van der Waals surface area (Å²) in [6.45, 7) is 9.21. The largest absolute Gasteiger partial charge is 0.431 e. The molecule has 8 heteroatoms. The Morgan fingerprint density at radius 2 is 1.12 bits per heavy atom. The first kappa shape index (κ1) is 42.7. The van der Waals surface area contributed by atoms with Gasteiger partial charge in [0, 0.05) is 96.1 Å². The van der Waals surface area contributed by atoms with E-state index in [1.54, 1.807) is 0 Å². The Kier molecular flexibility index (Phi) is 13.6. The minimum atomic E-state index is -0.220. The van der Waals surface area contributed by atoms with Gasteiger partial charge in [0.2, 0.25) is 0 Å². The number of rotatable bonds is 1. The van der Waals surface area contributed by atoms with E-state index in [1.807, 2.05) is 0 Å². The van der Waals surface area contributed by atoms with Gasteiger partial charge < -0.3 is 27.2 Å². The molecule has 2 heterocycles. The van der Waals surface area contributed by atoms with Crippen molar-refractivity contribution in [3.05, 3.63) is 35.5 Å². The van der Waals surface area contributed by atoms with Crippen molar-refractivity contribution in [2.75, 3.05) is 14.1 Å². The number of allylic oxidation sites excluding steroid dienone is 4. The summed E-state index contributed by atoms with van der Waals surface area (Å²) in [7, 11) is 4.27. The topological polar surface area (TPSA) is 72.9 Å². The zero-order chi connectivity index (χ0) is 31.2. The molecule has 6 aliphatic carbocycles. The van der Waals surface area contributed by atoms with Crippen molar-refractivity contribution in [3.8, 4) is 0 Å². The molecule has 2 radical (unpaired) electrons. The fourth-order valence-corrected chi connectivity index (χ4v) is 11.1. The van der Waals surface area contributed by atoms with Crippen LogP contribution >= 0.6 is 0 Å². The fraction of sp³-hybridized carbons (Fsp3) is 0.775. The number of ketones is 1. The number of hydrogen-bond donors (Lipinski definition) is 0. The van der Waals surface area contributed by atoms with Crippen LogP contribution in [0, 0.1) is 58.2 Å². The average Bonchev–Trinajstić information content (AvgIpc) is 3.57. The first-order valence-electron chi connectivity index (χ1n) is 17.6. The van der Waals surface area contributed by atoms with E-state index in [2.05, 4.69) is 59.5 Å². The molecule has 8 rings (SSSR count). The van der Waals surface area contributed by atoms with Crippen molar-refractivity contribution in [2.45, 2.75) is 138 Å². The number of fused-ring (bicyclic) bond motifs is 8. The Morgan fingerprint density at radius 3 is 1.62 bits per heavy atom. The van der Waals surface area contributed by atoms with E-state index >= 15 is 0 Å². The van der Waals surface area contributed by atoms with Crippen LogP contribution in [-0.2, 0) is 89.3 Å². The van der Waals surface area contributed by atoms with Crippen LogP contribution in [0.3, 0.4) is 0 Å². The molecule has 2 saturated heterocycles. The Hall–Kier alpha value is 0.258.